The number of halogens is 1. The van der Waals surface area contributed by atoms with E-state index in [9.17, 15) is 19.7 Å². The Hall–Kier alpha value is -1.96. The third kappa shape index (κ3) is 4.25. The van der Waals surface area contributed by atoms with Crippen LogP contribution in [0.4, 0.5) is 5.69 Å². The summed E-state index contributed by atoms with van der Waals surface area (Å²) in [6, 6.07) is 3.83. The highest BCUT2D eigenvalue weighted by molar-refractivity contribution is 9.10. The molecule has 1 aromatic rings. The van der Waals surface area contributed by atoms with Crippen molar-refractivity contribution in [2.45, 2.75) is 19.9 Å². The van der Waals surface area contributed by atoms with E-state index < -0.39 is 16.8 Å². The lowest BCUT2D eigenvalue weighted by atomic mass is 10.1. The molecule has 0 aliphatic heterocycles. The lowest BCUT2D eigenvalue weighted by molar-refractivity contribution is -0.385. The maximum Gasteiger partial charge on any atom is 0.325 e. The Balaban J connectivity index is 3.12. The minimum atomic E-state index is -0.582. The highest BCUT2D eigenvalue weighted by atomic mass is 79.9. The van der Waals surface area contributed by atoms with Gasteiger partial charge in [0.25, 0.3) is 11.6 Å². The highest BCUT2D eigenvalue weighted by Gasteiger charge is 2.24. The van der Waals surface area contributed by atoms with Crippen molar-refractivity contribution in [2.75, 3.05) is 13.7 Å². The van der Waals surface area contributed by atoms with Crippen LogP contribution in [0.1, 0.15) is 24.2 Å². The molecular formula is C13H15BrN2O5. The third-order valence-corrected chi connectivity index (χ3v) is 3.47. The SMILES string of the molecule is COC(=O)CN(C(=O)c1ccc(Br)c([N+](=O)[O-])c1)C(C)C. The number of hydrogen-bond acceptors (Lipinski definition) is 5. The van der Waals surface area contributed by atoms with E-state index in [1.807, 2.05) is 0 Å². The maximum absolute atomic E-state index is 12.4. The lowest BCUT2D eigenvalue weighted by Gasteiger charge is -2.25. The maximum atomic E-state index is 12.4. The first-order valence-corrected chi connectivity index (χ1v) is 6.89. The Bertz CT molecular complexity index is 574. The van der Waals surface area contributed by atoms with Crippen LogP contribution in [0, 0.1) is 10.1 Å². The number of carbonyl (C=O) groups excluding carboxylic acids is 2. The normalized spacial score (nSPS) is 10.3. The van der Waals surface area contributed by atoms with Crippen molar-refractivity contribution in [3.63, 3.8) is 0 Å². The number of nitro benzene ring substituents is 1. The zero-order chi connectivity index (χ0) is 16.2. The summed E-state index contributed by atoms with van der Waals surface area (Å²) < 4.78 is 4.83. The average molecular weight is 359 g/mol. The number of rotatable bonds is 5. The minimum absolute atomic E-state index is 0.141. The minimum Gasteiger partial charge on any atom is -0.468 e. The molecule has 0 aromatic heterocycles. The fourth-order valence-corrected chi connectivity index (χ4v) is 2.04. The van der Waals surface area contributed by atoms with Gasteiger partial charge in [0.05, 0.1) is 16.5 Å². The number of methoxy groups -OCH3 is 1. The fourth-order valence-electron chi connectivity index (χ4n) is 1.64. The third-order valence-electron chi connectivity index (χ3n) is 2.80. The number of nitrogens with zero attached hydrogens (tertiary/aromatic N) is 2. The summed E-state index contributed by atoms with van der Waals surface area (Å²) in [6.45, 7) is 3.28. The summed E-state index contributed by atoms with van der Waals surface area (Å²) in [4.78, 5) is 35.4. The highest BCUT2D eigenvalue weighted by Crippen LogP contribution is 2.26. The number of hydrogen-bond donors (Lipinski definition) is 0. The molecule has 8 heteroatoms. The molecule has 0 radical (unpaired) electrons. The molecule has 21 heavy (non-hydrogen) atoms. The molecular weight excluding hydrogens is 344 g/mol. The van der Waals surface area contributed by atoms with Crippen LogP contribution in [-0.4, -0.2) is 41.4 Å². The largest absolute Gasteiger partial charge is 0.468 e. The molecule has 0 atom stereocenters. The van der Waals surface area contributed by atoms with Crippen molar-refractivity contribution in [3.05, 3.63) is 38.3 Å². The second-order valence-corrected chi connectivity index (χ2v) is 5.38. The monoisotopic (exact) mass is 358 g/mol. The Morgan fingerprint density at radius 3 is 2.52 bits per heavy atom. The molecule has 0 fully saturated rings. The van der Waals surface area contributed by atoms with Gasteiger partial charge in [-0.2, -0.15) is 0 Å². The average Bonchev–Trinajstić information content (AvgIpc) is 2.43. The Labute approximate surface area is 130 Å². The van der Waals surface area contributed by atoms with Gasteiger partial charge in [0.2, 0.25) is 0 Å². The molecule has 1 aromatic carbocycles. The predicted octanol–water partition coefficient (Wildman–Crippen LogP) is 2.38. The van der Waals surface area contributed by atoms with Crippen LogP contribution in [-0.2, 0) is 9.53 Å². The van der Waals surface area contributed by atoms with Crippen molar-refractivity contribution in [1.82, 2.24) is 4.90 Å². The van der Waals surface area contributed by atoms with Crippen molar-refractivity contribution in [1.29, 1.82) is 0 Å². The first-order valence-electron chi connectivity index (χ1n) is 6.09. The van der Waals surface area contributed by atoms with Gasteiger partial charge in [0, 0.05) is 17.7 Å². The van der Waals surface area contributed by atoms with E-state index in [1.165, 1.54) is 30.2 Å². The summed E-state index contributed by atoms with van der Waals surface area (Å²) in [6.07, 6.45) is 0. The first kappa shape index (κ1) is 17.1. The van der Waals surface area contributed by atoms with Crippen molar-refractivity contribution in [2.24, 2.45) is 0 Å². The topological polar surface area (TPSA) is 89.8 Å². The quantitative estimate of drug-likeness (QED) is 0.457. The molecule has 0 spiro atoms. The van der Waals surface area contributed by atoms with E-state index in [4.69, 9.17) is 0 Å². The van der Waals surface area contributed by atoms with Crippen LogP contribution < -0.4 is 0 Å². The van der Waals surface area contributed by atoms with Gasteiger partial charge in [-0.25, -0.2) is 0 Å². The molecule has 0 unspecified atom stereocenters. The lowest BCUT2D eigenvalue weighted by Crippen LogP contribution is -2.41. The van der Waals surface area contributed by atoms with Crippen LogP contribution in [0.2, 0.25) is 0 Å². The first-order chi connectivity index (χ1) is 9.77. The van der Waals surface area contributed by atoms with Gasteiger partial charge in [-0.1, -0.05) is 0 Å². The van der Waals surface area contributed by atoms with E-state index in [2.05, 4.69) is 20.7 Å². The van der Waals surface area contributed by atoms with Crippen molar-refractivity contribution >= 4 is 33.5 Å². The fraction of sp³-hybridized carbons (Fsp3) is 0.385. The van der Waals surface area contributed by atoms with Crippen molar-refractivity contribution < 1.29 is 19.2 Å². The van der Waals surface area contributed by atoms with Gasteiger partial charge in [-0.05, 0) is 41.9 Å². The molecule has 114 valence electrons. The van der Waals surface area contributed by atoms with Crippen molar-refractivity contribution in [3.8, 4) is 0 Å². The summed E-state index contributed by atoms with van der Waals surface area (Å²) in [7, 11) is 1.23. The second-order valence-electron chi connectivity index (χ2n) is 4.53. The molecule has 0 heterocycles. The van der Waals surface area contributed by atoms with Crippen LogP contribution >= 0.6 is 15.9 Å². The summed E-state index contributed by atoms with van der Waals surface area (Å²) >= 11 is 3.06. The zero-order valence-electron chi connectivity index (χ0n) is 11.8. The number of esters is 1. The van der Waals surface area contributed by atoms with Crippen LogP contribution in [0.3, 0.4) is 0 Å². The number of benzene rings is 1. The summed E-state index contributed by atoms with van der Waals surface area (Å²) in [5.41, 5.74) is -0.0647. The summed E-state index contributed by atoms with van der Waals surface area (Å²) in [5, 5.41) is 10.9. The van der Waals surface area contributed by atoms with Gasteiger partial charge in [0.1, 0.15) is 6.54 Å². The number of ether oxygens (including phenoxy) is 1. The summed E-state index contributed by atoms with van der Waals surface area (Å²) in [5.74, 6) is -1.02. The molecule has 0 aliphatic carbocycles. The zero-order valence-corrected chi connectivity index (χ0v) is 13.4. The van der Waals surface area contributed by atoms with Crippen LogP contribution in [0.5, 0.6) is 0 Å². The molecule has 0 aliphatic rings. The van der Waals surface area contributed by atoms with E-state index in [1.54, 1.807) is 13.8 Å². The number of carbonyl (C=O) groups is 2. The Morgan fingerprint density at radius 1 is 1.43 bits per heavy atom. The molecule has 0 N–H and O–H groups in total. The van der Waals surface area contributed by atoms with Crippen LogP contribution in [0.15, 0.2) is 22.7 Å². The standard InChI is InChI=1S/C13H15BrN2O5/c1-8(2)15(7-12(17)21-3)13(18)9-4-5-10(14)11(6-9)16(19)20/h4-6,8H,7H2,1-3H3. The molecule has 7 nitrogen and oxygen atoms in total. The van der Waals surface area contributed by atoms with Gasteiger partial charge < -0.3 is 9.64 Å². The Morgan fingerprint density at radius 2 is 2.05 bits per heavy atom. The van der Waals surface area contributed by atoms with E-state index in [-0.39, 0.29) is 28.3 Å². The predicted molar refractivity (Wildman–Crippen MR) is 79.0 cm³/mol. The van der Waals surface area contributed by atoms with E-state index in [0.717, 1.165) is 0 Å². The van der Waals surface area contributed by atoms with Gasteiger partial charge in [0.15, 0.2) is 0 Å². The molecule has 0 saturated carbocycles. The number of nitro groups is 1. The smallest absolute Gasteiger partial charge is 0.325 e. The number of amides is 1. The van der Waals surface area contributed by atoms with Gasteiger partial charge >= 0.3 is 5.97 Å². The molecule has 1 amide bonds. The molecule has 0 saturated heterocycles. The van der Waals surface area contributed by atoms with Gasteiger partial charge in [-0.15, -0.1) is 0 Å². The molecule has 0 bridgehead atoms. The van der Waals surface area contributed by atoms with Gasteiger partial charge in [-0.3, -0.25) is 19.7 Å². The second kappa shape index (κ2) is 7.16. The van der Waals surface area contributed by atoms with E-state index >= 15 is 0 Å². The van der Waals surface area contributed by atoms with Crippen LogP contribution in [0.25, 0.3) is 0 Å². The van der Waals surface area contributed by atoms with E-state index in [0.29, 0.717) is 0 Å². The molecule has 1 rings (SSSR count). The Kier molecular flexibility index (Phi) is 5.83.